The van der Waals surface area contributed by atoms with Crippen molar-refractivity contribution in [1.82, 2.24) is 5.32 Å². The Morgan fingerprint density at radius 3 is 2.47 bits per heavy atom. The number of nitrogens with two attached hydrogens (primary N) is 1. The molecule has 3 aliphatic carbocycles. The van der Waals surface area contributed by atoms with E-state index in [1.54, 1.807) is 0 Å². The van der Waals surface area contributed by atoms with E-state index in [9.17, 15) is 4.79 Å². The number of hydrogen-bond acceptors (Lipinski definition) is 2. The molecule has 3 rings (SSSR count). The average molecular weight is 208 g/mol. The van der Waals surface area contributed by atoms with Crippen molar-refractivity contribution in [3.63, 3.8) is 0 Å². The summed E-state index contributed by atoms with van der Waals surface area (Å²) in [6, 6.07) is 0. The molecule has 3 fully saturated rings. The molecule has 3 nitrogen and oxygen atoms in total. The van der Waals surface area contributed by atoms with E-state index < -0.39 is 0 Å². The van der Waals surface area contributed by atoms with Gasteiger partial charge in [-0.25, -0.2) is 0 Å². The summed E-state index contributed by atoms with van der Waals surface area (Å²) in [7, 11) is 0. The van der Waals surface area contributed by atoms with Gasteiger partial charge in [0.2, 0.25) is 5.91 Å². The fraction of sp³-hybridized carbons (Fsp3) is 0.917. The Morgan fingerprint density at radius 1 is 1.27 bits per heavy atom. The van der Waals surface area contributed by atoms with Crippen LogP contribution in [-0.2, 0) is 4.79 Å². The lowest BCUT2D eigenvalue weighted by Gasteiger charge is -2.16. The van der Waals surface area contributed by atoms with Gasteiger partial charge in [0.1, 0.15) is 0 Å². The van der Waals surface area contributed by atoms with E-state index in [1.165, 1.54) is 19.3 Å². The van der Waals surface area contributed by atoms with Gasteiger partial charge in [-0.2, -0.15) is 0 Å². The first kappa shape index (κ1) is 9.64. The highest BCUT2D eigenvalue weighted by Crippen LogP contribution is 2.54. The van der Waals surface area contributed by atoms with Crippen molar-refractivity contribution in [3.8, 4) is 0 Å². The molecule has 15 heavy (non-hydrogen) atoms. The van der Waals surface area contributed by atoms with Crippen LogP contribution in [0.15, 0.2) is 0 Å². The van der Waals surface area contributed by atoms with Crippen LogP contribution in [0, 0.1) is 23.2 Å². The standard InChI is InChI=1S/C12H20N2O/c13-6-12(1-2-12)7-14-11(15)10-4-8-3-9(8)5-10/h8-10H,1-7,13H2,(H,14,15). The van der Waals surface area contributed by atoms with E-state index in [4.69, 9.17) is 5.73 Å². The summed E-state index contributed by atoms with van der Waals surface area (Å²) < 4.78 is 0. The topological polar surface area (TPSA) is 55.1 Å². The van der Waals surface area contributed by atoms with Gasteiger partial charge in [-0.15, -0.1) is 0 Å². The largest absolute Gasteiger partial charge is 0.355 e. The highest BCUT2D eigenvalue weighted by atomic mass is 16.1. The van der Waals surface area contributed by atoms with Crippen molar-refractivity contribution in [2.24, 2.45) is 28.9 Å². The van der Waals surface area contributed by atoms with Crippen LogP contribution in [0.5, 0.6) is 0 Å². The molecule has 0 aliphatic heterocycles. The van der Waals surface area contributed by atoms with Crippen molar-refractivity contribution < 1.29 is 4.79 Å². The van der Waals surface area contributed by atoms with Crippen molar-refractivity contribution in [2.75, 3.05) is 13.1 Å². The molecule has 0 aromatic carbocycles. The summed E-state index contributed by atoms with van der Waals surface area (Å²) in [5.74, 6) is 2.40. The highest BCUT2D eigenvalue weighted by molar-refractivity contribution is 5.79. The van der Waals surface area contributed by atoms with E-state index in [0.717, 1.165) is 37.8 Å². The van der Waals surface area contributed by atoms with E-state index in [1.807, 2.05) is 0 Å². The molecule has 0 radical (unpaired) electrons. The van der Waals surface area contributed by atoms with Gasteiger partial charge >= 0.3 is 0 Å². The molecular formula is C12H20N2O. The number of nitrogens with one attached hydrogen (secondary N) is 1. The third-order valence-electron chi connectivity index (χ3n) is 4.64. The summed E-state index contributed by atoms with van der Waals surface area (Å²) in [6.45, 7) is 1.54. The molecule has 2 unspecified atom stereocenters. The van der Waals surface area contributed by atoms with Crippen molar-refractivity contribution in [2.45, 2.75) is 32.1 Å². The van der Waals surface area contributed by atoms with E-state index in [2.05, 4.69) is 5.32 Å². The van der Waals surface area contributed by atoms with Crippen LogP contribution < -0.4 is 11.1 Å². The predicted octanol–water partition coefficient (Wildman–Crippen LogP) is 0.888. The van der Waals surface area contributed by atoms with E-state index in [0.29, 0.717) is 11.8 Å². The maximum Gasteiger partial charge on any atom is 0.223 e. The molecule has 3 aliphatic rings. The van der Waals surface area contributed by atoms with Crippen LogP contribution in [0.25, 0.3) is 0 Å². The number of amides is 1. The number of rotatable bonds is 4. The second-order valence-electron chi connectivity index (χ2n) is 5.85. The molecule has 84 valence electrons. The zero-order valence-corrected chi connectivity index (χ0v) is 9.17. The summed E-state index contributed by atoms with van der Waals surface area (Å²) in [4.78, 5) is 11.8. The predicted molar refractivity (Wildman–Crippen MR) is 58.1 cm³/mol. The molecule has 0 saturated heterocycles. The zero-order valence-electron chi connectivity index (χ0n) is 9.17. The minimum atomic E-state index is 0.275. The lowest BCUT2D eigenvalue weighted by Crippen LogP contribution is -2.37. The first-order valence-electron chi connectivity index (χ1n) is 6.20. The number of fused-ring (bicyclic) bond motifs is 1. The lowest BCUT2D eigenvalue weighted by molar-refractivity contribution is -0.125. The van der Waals surface area contributed by atoms with Crippen LogP contribution in [0.1, 0.15) is 32.1 Å². The van der Waals surface area contributed by atoms with Crippen molar-refractivity contribution >= 4 is 5.91 Å². The molecule has 0 aromatic rings. The molecule has 2 atom stereocenters. The summed E-state index contributed by atoms with van der Waals surface area (Å²) in [5, 5.41) is 3.10. The van der Waals surface area contributed by atoms with Crippen molar-refractivity contribution in [3.05, 3.63) is 0 Å². The second-order valence-corrected chi connectivity index (χ2v) is 5.85. The van der Waals surface area contributed by atoms with Crippen LogP contribution in [-0.4, -0.2) is 19.0 Å². The van der Waals surface area contributed by atoms with Gasteiger partial charge < -0.3 is 11.1 Å². The SMILES string of the molecule is NCC1(CNC(=O)C2CC3CC3C2)CC1. The fourth-order valence-corrected chi connectivity index (χ4v) is 2.98. The van der Waals surface area contributed by atoms with Gasteiger partial charge in [-0.1, -0.05) is 0 Å². The van der Waals surface area contributed by atoms with E-state index in [-0.39, 0.29) is 5.41 Å². The first-order chi connectivity index (χ1) is 7.22. The number of hydrogen-bond donors (Lipinski definition) is 2. The normalized spacial score (nSPS) is 39.7. The third-order valence-corrected chi connectivity index (χ3v) is 4.64. The van der Waals surface area contributed by atoms with Gasteiger partial charge in [-0.3, -0.25) is 4.79 Å². The van der Waals surface area contributed by atoms with Crippen LogP contribution >= 0.6 is 0 Å². The third kappa shape index (κ3) is 1.78. The minimum Gasteiger partial charge on any atom is -0.355 e. The quantitative estimate of drug-likeness (QED) is 0.721. The van der Waals surface area contributed by atoms with Gasteiger partial charge in [0, 0.05) is 12.5 Å². The Morgan fingerprint density at radius 2 is 1.93 bits per heavy atom. The molecule has 3 N–H and O–H groups in total. The van der Waals surface area contributed by atoms with Crippen LogP contribution in [0.4, 0.5) is 0 Å². The Balaban J connectivity index is 1.45. The van der Waals surface area contributed by atoms with Gasteiger partial charge in [0.15, 0.2) is 0 Å². The fourth-order valence-electron chi connectivity index (χ4n) is 2.98. The Hall–Kier alpha value is -0.570. The Labute approximate surface area is 90.8 Å². The van der Waals surface area contributed by atoms with Gasteiger partial charge in [0.25, 0.3) is 0 Å². The molecule has 0 bridgehead atoms. The average Bonchev–Trinajstić information content (AvgIpc) is 3.16. The number of carbonyl (C=O) groups excluding carboxylic acids is 1. The maximum atomic E-state index is 11.8. The maximum absolute atomic E-state index is 11.8. The molecule has 3 saturated carbocycles. The molecule has 0 aromatic heterocycles. The summed E-state index contributed by atoms with van der Waals surface area (Å²) in [5.41, 5.74) is 5.96. The zero-order chi connectivity index (χ0) is 10.5. The van der Waals surface area contributed by atoms with E-state index >= 15 is 0 Å². The Kier molecular flexibility index (Phi) is 2.06. The molecule has 1 amide bonds. The molecule has 0 heterocycles. The van der Waals surface area contributed by atoms with Gasteiger partial charge in [0.05, 0.1) is 0 Å². The first-order valence-corrected chi connectivity index (χ1v) is 6.20. The smallest absolute Gasteiger partial charge is 0.223 e. The summed E-state index contributed by atoms with van der Waals surface area (Å²) >= 11 is 0. The van der Waals surface area contributed by atoms with Crippen LogP contribution in [0.3, 0.4) is 0 Å². The molecule has 3 heteroatoms. The second kappa shape index (κ2) is 3.21. The van der Waals surface area contributed by atoms with Crippen molar-refractivity contribution in [1.29, 1.82) is 0 Å². The lowest BCUT2D eigenvalue weighted by atomic mass is 10.0. The monoisotopic (exact) mass is 208 g/mol. The molecule has 0 spiro atoms. The minimum absolute atomic E-state index is 0.275. The van der Waals surface area contributed by atoms with Crippen LogP contribution in [0.2, 0.25) is 0 Å². The molecular weight excluding hydrogens is 188 g/mol. The highest BCUT2D eigenvalue weighted by Gasteiger charge is 2.48. The number of carbonyl (C=O) groups is 1. The van der Waals surface area contributed by atoms with Gasteiger partial charge in [-0.05, 0) is 55.9 Å². The Bertz CT molecular complexity index is 275. The summed E-state index contributed by atoms with van der Waals surface area (Å²) in [6.07, 6.45) is 6.06.